The number of fused-ring (bicyclic) bond motifs is 9. The molecule has 1 aromatic heterocycles. The Morgan fingerprint density at radius 3 is 1.87 bits per heavy atom. The van der Waals surface area contributed by atoms with Crippen molar-refractivity contribution in [3.05, 3.63) is 199 Å². The van der Waals surface area contributed by atoms with Crippen LogP contribution in [0.15, 0.2) is 182 Å². The van der Waals surface area contributed by atoms with Crippen molar-refractivity contribution in [2.45, 2.75) is 40.0 Å². The van der Waals surface area contributed by atoms with Crippen LogP contribution in [0.4, 0.5) is 11.4 Å². The number of nitrogens with zero attached hydrogens (tertiary/aromatic N) is 2. The molecule has 0 radical (unpaired) electrons. The third kappa shape index (κ3) is 5.36. The normalized spacial score (nSPS) is 12.9. The molecule has 12 rings (SSSR count). The van der Waals surface area contributed by atoms with Crippen molar-refractivity contribution < 1.29 is 0 Å². The second-order valence-corrected chi connectivity index (χ2v) is 18.2. The second-order valence-electron chi connectivity index (χ2n) is 18.2. The highest BCUT2D eigenvalue weighted by Crippen LogP contribution is 2.49. The van der Waals surface area contributed by atoms with E-state index < -0.39 is 0 Å². The zero-order valence-corrected chi connectivity index (χ0v) is 35.3. The van der Waals surface area contributed by atoms with Crippen LogP contribution in [-0.4, -0.2) is 11.4 Å². The van der Waals surface area contributed by atoms with Crippen molar-refractivity contribution in [1.82, 2.24) is 4.57 Å². The van der Waals surface area contributed by atoms with Crippen molar-refractivity contribution in [3.8, 4) is 50.2 Å². The Kier molecular flexibility index (Phi) is 7.75. The molecule has 0 atom stereocenters. The van der Waals surface area contributed by atoms with Crippen molar-refractivity contribution in [2.24, 2.45) is 0 Å². The molecule has 0 aliphatic carbocycles. The molecule has 0 unspecified atom stereocenters. The van der Waals surface area contributed by atoms with Crippen LogP contribution in [0, 0.1) is 13.8 Å². The molecule has 0 amide bonds. The van der Waals surface area contributed by atoms with Crippen molar-refractivity contribution >= 4 is 61.7 Å². The summed E-state index contributed by atoms with van der Waals surface area (Å²) in [7, 11) is 0. The minimum absolute atomic E-state index is 0.0372. The van der Waals surface area contributed by atoms with Gasteiger partial charge < -0.3 is 9.38 Å². The van der Waals surface area contributed by atoms with Gasteiger partial charge in [0.15, 0.2) is 0 Å². The monoisotopic (exact) mass is 780 g/mol. The van der Waals surface area contributed by atoms with Crippen LogP contribution in [0.1, 0.15) is 37.5 Å². The molecular formula is C58H45BN2. The average molecular weight is 781 g/mol. The van der Waals surface area contributed by atoms with Crippen LogP contribution < -0.4 is 15.7 Å². The number of aromatic nitrogens is 1. The van der Waals surface area contributed by atoms with E-state index in [0.717, 1.165) is 0 Å². The first kappa shape index (κ1) is 35.8. The molecule has 2 aliphatic rings. The Morgan fingerprint density at radius 1 is 0.475 bits per heavy atom. The Morgan fingerprint density at radius 2 is 1.15 bits per heavy atom. The lowest BCUT2D eigenvalue weighted by molar-refractivity contribution is 0.590. The van der Waals surface area contributed by atoms with E-state index in [2.05, 4.69) is 226 Å². The van der Waals surface area contributed by atoms with Crippen LogP contribution >= 0.6 is 0 Å². The Balaban J connectivity index is 1.27. The van der Waals surface area contributed by atoms with Gasteiger partial charge in [-0.25, -0.2) is 0 Å². The second kappa shape index (κ2) is 13.2. The summed E-state index contributed by atoms with van der Waals surface area (Å²) in [5, 5.41) is 5.05. The predicted molar refractivity (Wildman–Crippen MR) is 262 cm³/mol. The molecule has 2 aliphatic heterocycles. The molecule has 10 aromatic rings. The fourth-order valence-corrected chi connectivity index (χ4v) is 10.7. The third-order valence-corrected chi connectivity index (χ3v) is 13.5. The summed E-state index contributed by atoms with van der Waals surface area (Å²) in [5.41, 5.74) is 22.9. The number of anilines is 2. The molecule has 0 bridgehead atoms. The number of benzene rings is 9. The lowest BCUT2D eigenvalue weighted by atomic mass is 9.43. The average Bonchev–Trinajstić information content (AvgIpc) is 3.62. The molecule has 3 heteroatoms. The maximum absolute atomic E-state index is 2.69. The number of hydrogen-bond acceptors (Lipinski definition) is 1. The van der Waals surface area contributed by atoms with E-state index in [1.54, 1.807) is 0 Å². The van der Waals surface area contributed by atoms with Gasteiger partial charge in [-0.15, -0.1) is 0 Å². The Bertz CT molecular complexity index is 3390. The number of hydrogen-bond donors (Lipinski definition) is 0. The molecular weight excluding hydrogens is 735 g/mol. The molecule has 9 aromatic carbocycles. The van der Waals surface area contributed by atoms with Gasteiger partial charge in [0, 0.05) is 38.8 Å². The van der Waals surface area contributed by atoms with E-state index in [9.17, 15) is 0 Å². The lowest BCUT2D eigenvalue weighted by Crippen LogP contribution is -2.60. The van der Waals surface area contributed by atoms with Gasteiger partial charge in [0.2, 0.25) is 0 Å². The first-order chi connectivity index (χ1) is 29.7. The summed E-state index contributed by atoms with van der Waals surface area (Å²) in [6.45, 7) is 11.3. The van der Waals surface area contributed by atoms with Gasteiger partial charge in [-0.3, -0.25) is 0 Å². The molecule has 2 nitrogen and oxygen atoms in total. The molecule has 0 saturated heterocycles. The van der Waals surface area contributed by atoms with Crippen LogP contribution in [-0.2, 0) is 5.41 Å². The molecule has 290 valence electrons. The number of aryl methyl sites for hydroxylation is 2. The SMILES string of the molecule is Cc1cccc(C)c1-c1cc2c3c(c1)-n1c4ccc(-c5ccccc5)cc4c4cc(-c5ccccc5)cc(c41)B3N(c1ccc(C(C)(C)C)cc1)c1c-2ccc2ccccc12. The highest BCUT2D eigenvalue weighted by molar-refractivity contribution is 6.94. The highest BCUT2D eigenvalue weighted by Gasteiger charge is 2.45. The third-order valence-electron chi connectivity index (χ3n) is 13.5. The van der Waals surface area contributed by atoms with Crippen molar-refractivity contribution in [1.29, 1.82) is 0 Å². The summed E-state index contributed by atoms with van der Waals surface area (Å²) in [6.07, 6.45) is 0. The predicted octanol–water partition coefficient (Wildman–Crippen LogP) is 14.1. The van der Waals surface area contributed by atoms with Crippen LogP contribution in [0.2, 0.25) is 0 Å². The van der Waals surface area contributed by atoms with Crippen LogP contribution in [0.25, 0.3) is 82.8 Å². The summed E-state index contributed by atoms with van der Waals surface area (Å²) in [6, 6.07) is 68.7. The van der Waals surface area contributed by atoms with Gasteiger partial charge in [-0.1, -0.05) is 160 Å². The zero-order valence-electron chi connectivity index (χ0n) is 35.3. The van der Waals surface area contributed by atoms with Crippen molar-refractivity contribution in [3.63, 3.8) is 0 Å². The van der Waals surface area contributed by atoms with Crippen molar-refractivity contribution in [2.75, 3.05) is 4.81 Å². The van der Waals surface area contributed by atoms with E-state index >= 15 is 0 Å². The summed E-state index contributed by atoms with van der Waals surface area (Å²) in [4.78, 5) is 2.69. The van der Waals surface area contributed by atoms with Gasteiger partial charge >= 0.3 is 6.85 Å². The van der Waals surface area contributed by atoms with E-state index in [0.29, 0.717) is 0 Å². The fraction of sp³-hybridized carbons (Fsp3) is 0.103. The minimum atomic E-state index is -0.104. The van der Waals surface area contributed by atoms with Gasteiger partial charge in [0.05, 0.1) is 11.0 Å². The summed E-state index contributed by atoms with van der Waals surface area (Å²) >= 11 is 0. The van der Waals surface area contributed by atoms with Crippen LogP contribution in [0.5, 0.6) is 0 Å². The Labute approximate surface area is 358 Å². The summed E-state index contributed by atoms with van der Waals surface area (Å²) < 4.78 is 2.61. The first-order valence-electron chi connectivity index (χ1n) is 21.6. The highest BCUT2D eigenvalue weighted by atomic mass is 15.1. The van der Waals surface area contributed by atoms with Gasteiger partial charge in [-0.05, 0) is 134 Å². The van der Waals surface area contributed by atoms with E-state index in [-0.39, 0.29) is 12.3 Å². The molecule has 0 N–H and O–H groups in total. The molecule has 0 saturated carbocycles. The maximum Gasteiger partial charge on any atom is 0.333 e. The van der Waals surface area contributed by atoms with Crippen LogP contribution in [0.3, 0.4) is 0 Å². The summed E-state index contributed by atoms with van der Waals surface area (Å²) in [5.74, 6) is 0. The van der Waals surface area contributed by atoms with Gasteiger partial charge in [0.25, 0.3) is 0 Å². The zero-order chi connectivity index (χ0) is 41.1. The number of rotatable bonds is 4. The standard InChI is InChI=1S/C58H45BN2/c1-36-15-14-16-37(2)54(36)43-33-49-47-29-23-40-21-12-13-22-46(40)56(47)61(45-27-25-44(26-28-45)58(3,4)5)59-51-34-42(39-19-10-7-11-20-39)32-50-48-31-41(38-17-8-6-9-18-38)24-30-52(48)60(57(50)51)53(35-43)55(49)59/h6-35H,1-5H3. The van der Waals surface area contributed by atoms with Gasteiger partial charge in [-0.2, -0.15) is 0 Å². The first-order valence-corrected chi connectivity index (χ1v) is 21.6. The molecule has 61 heavy (non-hydrogen) atoms. The maximum atomic E-state index is 2.69. The lowest BCUT2D eigenvalue weighted by Gasteiger charge is -2.43. The van der Waals surface area contributed by atoms with E-state index in [1.165, 1.54) is 122 Å². The Hall–Kier alpha value is -7.10. The molecule has 3 heterocycles. The quantitative estimate of drug-likeness (QED) is 0.162. The minimum Gasteiger partial charge on any atom is -0.376 e. The van der Waals surface area contributed by atoms with Gasteiger partial charge in [0.1, 0.15) is 0 Å². The molecule has 0 fully saturated rings. The molecule has 0 spiro atoms. The smallest absolute Gasteiger partial charge is 0.333 e. The van der Waals surface area contributed by atoms with E-state index in [1.807, 2.05) is 0 Å². The topological polar surface area (TPSA) is 8.17 Å². The largest absolute Gasteiger partial charge is 0.376 e. The van der Waals surface area contributed by atoms with E-state index in [4.69, 9.17) is 0 Å². The fourth-order valence-electron chi connectivity index (χ4n) is 10.7.